The van der Waals surface area contributed by atoms with Crippen molar-refractivity contribution in [2.75, 3.05) is 31.2 Å². The molecule has 2 aromatic carbocycles. The smallest absolute Gasteiger partial charge is 0.341 e. The van der Waals surface area contributed by atoms with Crippen molar-refractivity contribution < 1.29 is 19.0 Å². The van der Waals surface area contributed by atoms with Crippen molar-refractivity contribution in [2.45, 2.75) is 0 Å². The molecule has 1 N–H and O–H groups in total. The van der Waals surface area contributed by atoms with Gasteiger partial charge in [0.1, 0.15) is 11.4 Å². The second-order valence-corrected chi connectivity index (χ2v) is 6.30. The van der Waals surface area contributed by atoms with Crippen molar-refractivity contribution in [3.8, 4) is 5.69 Å². The summed E-state index contributed by atoms with van der Waals surface area (Å²) in [7, 11) is 0. The predicted octanol–water partition coefficient (Wildman–Crippen LogP) is 2.66. The number of fused-ring (bicyclic) bond motifs is 1. The number of anilines is 1. The van der Waals surface area contributed by atoms with Gasteiger partial charge in [-0.1, -0.05) is 12.1 Å². The fourth-order valence-corrected chi connectivity index (χ4v) is 3.39. The molecule has 27 heavy (non-hydrogen) atoms. The highest BCUT2D eigenvalue weighted by Gasteiger charge is 2.20. The number of carbonyl (C=O) groups is 1. The third-order valence-electron chi connectivity index (χ3n) is 4.69. The molecular weight excluding hydrogens is 351 g/mol. The lowest BCUT2D eigenvalue weighted by molar-refractivity contribution is 0.0695. The van der Waals surface area contributed by atoms with E-state index < -0.39 is 17.2 Å². The molecule has 1 aliphatic heterocycles. The Morgan fingerprint density at radius 2 is 1.78 bits per heavy atom. The molecule has 0 radical (unpaired) electrons. The first-order chi connectivity index (χ1) is 13.1. The Morgan fingerprint density at radius 3 is 2.48 bits per heavy atom. The number of pyridine rings is 1. The topological polar surface area (TPSA) is 71.8 Å². The third kappa shape index (κ3) is 3.06. The number of carboxylic acid groups (broad SMARTS) is 1. The zero-order chi connectivity index (χ0) is 19.0. The fourth-order valence-electron chi connectivity index (χ4n) is 3.39. The van der Waals surface area contributed by atoms with E-state index in [4.69, 9.17) is 4.74 Å². The van der Waals surface area contributed by atoms with Crippen molar-refractivity contribution in [1.29, 1.82) is 0 Å². The Balaban J connectivity index is 2.02. The second-order valence-electron chi connectivity index (χ2n) is 6.30. The lowest BCUT2D eigenvalue weighted by atomic mass is 10.1. The fraction of sp³-hybridized carbons (Fsp3) is 0.200. The first-order valence-electron chi connectivity index (χ1n) is 8.56. The van der Waals surface area contributed by atoms with Crippen molar-refractivity contribution in [1.82, 2.24) is 4.57 Å². The van der Waals surface area contributed by atoms with Gasteiger partial charge in [-0.05, 0) is 30.3 Å². The molecule has 0 spiro atoms. The average molecular weight is 368 g/mol. The van der Waals surface area contributed by atoms with Gasteiger partial charge in [0.2, 0.25) is 5.43 Å². The minimum atomic E-state index is -1.32. The van der Waals surface area contributed by atoms with Crippen LogP contribution in [-0.4, -0.2) is 41.9 Å². The summed E-state index contributed by atoms with van der Waals surface area (Å²) in [6, 6.07) is 11.2. The summed E-state index contributed by atoms with van der Waals surface area (Å²) >= 11 is 0. The monoisotopic (exact) mass is 368 g/mol. The molecule has 7 heteroatoms. The molecule has 1 aromatic heterocycles. The van der Waals surface area contributed by atoms with Gasteiger partial charge in [-0.2, -0.15) is 0 Å². The summed E-state index contributed by atoms with van der Waals surface area (Å²) in [6.07, 6.45) is 1.27. The third-order valence-corrected chi connectivity index (χ3v) is 4.69. The number of aromatic carboxylic acids is 1. The zero-order valence-corrected chi connectivity index (χ0v) is 14.4. The molecule has 0 atom stereocenters. The highest BCUT2D eigenvalue weighted by Crippen LogP contribution is 2.28. The molecule has 0 amide bonds. The summed E-state index contributed by atoms with van der Waals surface area (Å²) in [5.41, 5.74) is 0.887. The number of nitrogens with zero attached hydrogens (tertiary/aromatic N) is 2. The molecular formula is C20H17FN2O4. The minimum Gasteiger partial charge on any atom is -0.477 e. The first kappa shape index (κ1) is 17.2. The number of carboxylic acids is 1. The van der Waals surface area contributed by atoms with E-state index in [2.05, 4.69) is 4.90 Å². The summed E-state index contributed by atoms with van der Waals surface area (Å²) in [4.78, 5) is 26.2. The van der Waals surface area contributed by atoms with Gasteiger partial charge in [0.05, 0.1) is 30.1 Å². The highest BCUT2D eigenvalue weighted by molar-refractivity contribution is 5.93. The van der Waals surface area contributed by atoms with Gasteiger partial charge in [-0.3, -0.25) is 4.79 Å². The van der Waals surface area contributed by atoms with E-state index in [1.807, 2.05) is 24.3 Å². The summed E-state index contributed by atoms with van der Waals surface area (Å²) in [6.45, 7) is 2.56. The van der Waals surface area contributed by atoms with E-state index in [1.54, 1.807) is 4.57 Å². The van der Waals surface area contributed by atoms with Crippen molar-refractivity contribution >= 4 is 22.6 Å². The van der Waals surface area contributed by atoms with Crippen LogP contribution in [0.5, 0.6) is 0 Å². The van der Waals surface area contributed by atoms with E-state index in [9.17, 15) is 19.1 Å². The van der Waals surface area contributed by atoms with Crippen LogP contribution < -0.4 is 10.3 Å². The lowest BCUT2D eigenvalue weighted by Crippen LogP contribution is -2.36. The van der Waals surface area contributed by atoms with Crippen LogP contribution in [0.1, 0.15) is 10.4 Å². The van der Waals surface area contributed by atoms with Crippen molar-refractivity contribution in [3.05, 3.63) is 70.3 Å². The van der Waals surface area contributed by atoms with Crippen molar-refractivity contribution in [3.63, 3.8) is 0 Å². The van der Waals surface area contributed by atoms with E-state index in [0.29, 0.717) is 37.5 Å². The Hall–Kier alpha value is -3.19. The van der Waals surface area contributed by atoms with Crippen LogP contribution in [0.2, 0.25) is 0 Å². The summed E-state index contributed by atoms with van der Waals surface area (Å²) in [5, 5.41) is 9.61. The van der Waals surface area contributed by atoms with Crippen LogP contribution in [0, 0.1) is 5.82 Å². The normalized spacial score (nSPS) is 14.5. The maximum Gasteiger partial charge on any atom is 0.341 e. The highest BCUT2D eigenvalue weighted by atomic mass is 19.1. The molecule has 6 nitrogen and oxygen atoms in total. The van der Waals surface area contributed by atoms with Crippen LogP contribution >= 0.6 is 0 Å². The molecule has 1 saturated heterocycles. The molecule has 0 aliphatic carbocycles. The molecule has 0 bridgehead atoms. The Kier molecular flexibility index (Phi) is 4.37. The summed E-state index contributed by atoms with van der Waals surface area (Å²) < 4.78 is 20.9. The van der Waals surface area contributed by atoms with Gasteiger partial charge in [0, 0.05) is 24.7 Å². The van der Waals surface area contributed by atoms with Crippen LogP contribution in [-0.2, 0) is 4.74 Å². The van der Waals surface area contributed by atoms with E-state index in [-0.39, 0.29) is 10.9 Å². The molecule has 2 heterocycles. The minimum absolute atomic E-state index is 0.160. The average Bonchev–Trinajstić information content (AvgIpc) is 2.68. The molecule has 3 aromatic rings. The zero-order valence-electron chi connectivity index (χ0n) is 14.4. The maximum absolute atomic E-state index is 13.9. The molecule has 4 rings (SSSR count). The number of hydrogen-bond acceptors (Lipinski definition) is 4. The largest absolute Gasteiger partial charge is 0.477 e. The predicted molar refractivity (Wildman–Crippen MR) is 99.5 cm³/mol. The molecule has 138 valence electrons. The number of aromatic nitrogens is 1. The molecule has 1 fully saturated rings. The SMILES string of the molecule is O=C(O)c1cn(-c2ccccc2N2CCOCC2)c2cc(F)ccc2c1=O. The van der Waals surface area contributed by atoms with Crippen molar-refractivity contribution in [2.24, 2.45) is 0 Å². The molecule has 0 saturated carbocycles. The Labute approximate surface area is 154 Å². The van der Waals surface area contributed by atoms with Gasteiger partial charge in [-0.15, -0.1) is 0 Å². The van der Waals surface area contributed by atoms with Gasteiger partial charge in [0.15, 0.2) is 0 Å². The second kappa shape index (κ2) is 6.85. The van der Waals surface area contributed by atoms with Crippen LogP contribution in [0.25, 0.3) is 16.6 Å². The molecule has 0 unspecified atom stereocenters. The number of halogens is 1. The quantitative estimate of drug-likeness (QED) is 0.770. The number of hydrogen-bond donors (Lipinski definition) is 1. The van der Waals surface area contributed by atoms with E-state index in [0.717, 1.165) is 11.8 Å². The number of para-hydroxylation sites is 2. The number of rotatable bonds is 3. The van der Waals surface area contributed by atoms with Crippen LogP contribution in [0.3, 0.4) is 0 Å². The maximum atomic E-state index is 13.9. The standard InChI is InChI=1S/C20H17FN2O4/c21-13-5-6-14-18(11-13)23(12-15(19(14)24)20(25)26)17-4-2-1-3-16(17)22-7-9-27-10-8-22/h1-6,11-12H,7-10H2,(H,25,26). The van der Waals surface area contributed by atoms with E-state index in [1.165, 1.54) is 18.3 Å². The van der Waals surface area contributed by atoms with Gasteiger partial charge in [-0.25, -0.2) is 9.18 Å². The van der Waals surface area contributed by atoms with Gasteiger partial charge >= 0.3 is 5.97 Å². The van der Waals surface area contributed by atoms with Gasteiger partial charge < -0.3 is 19.3 Å². The van der Waals surface area contributed by atoms with Crippen LogP contribution in [0.4, 0.5) is 10.1 Å². The Bertz CT molecular complexity index is 1090. The van der Waals surface area contributed by atoms with E-state index >= 15 is 0 Å². The Morgan fingerprint density at radius 1 is 1.07 bits per heavy atom. The number of ether oxygens (including phenoxy) is 1. The lowest BCUT2D eigenvalue weighted by Gasteiger charge is -2.31. The number of morpholine rings is 1. The van der Waals surface area contributed by atoms with Crippen LogP contribution in [0.15, 0.2) is 53.5 Å². The molecule has 1 aliphatic rings. The number of benzene rings is 2. The van der Waals surface area contributed by atoms with Gasteiger partial charge in [0.25, 0.3) is 0 Å². The first-order valence-corrected chi connectivity index (χ1v) is 8.56. The summed E-state index contributed by atoms with van der Waals surface area (Å²) in [5.74, 6) is -1.81.